The Morgan fingerprint density at radius 2 is 1.80 bits per heavy atom. The topological polar surface area (TPSA) is 40.9 Å². The van der Waals surface area contributed by atoms with Gasteiger partial charge in [0.05, 0.1) is 0 Å². The molecule has 2 nitrogen and oxygen atoms in total. The molecule has 4 heteroatoms. The molecular formula is C11H9F2NO. The van der Waals surface area contributed by atoms with Crippen LogP contribution in [0.25, 0.3) is 0 Å². The smallest absolute Gasteiger partial charge is 0.165 e. The number of rotatable bonds is 2. The average Bonchev–Trinajstić information content (AvgIpc) is 2.15. The molecule has 0 aliphatic heterocycles. The van der Waals surface area contributed by atoms with Crippen molar-refractivity contribution in [3.63, 3.8) is 0 Å². The second-order valence-electron chi connectivity index (χ2n) is 3.45. The van der Waals surface area contributed by atoms with E-state index in [2.05, 4.69) is 0 Å². The lowest BCUT2D eigenvalue weighted by Gasteiger charge is -2.05. The maximum atomic E-state index is 13.1. The molecule has 0 radical (unpaired) electrons. The van der Waals surface area contributed by atoms with Gasteiger partial charge in [-0.15, -0.1) is 0 Å². The van der Waals surface area contributed by atoms with E-state index in [1.165, 1.54) is 6.07 Å². The third-order valence-electron chi connectivity index (χ3n) is 1.96. The van der Waals surface area contributed by atoms with Gasteiger partial charge in [-0.25, -0.2) is 8.78 Å². The van der Waals surface area contributed by atoms with E-state index in [0.717, 1.165) is 12.1 Å². The quantitative estimate of drug-likeness (QED) is 0.702. The van der Waals surface area contributed by atoms with Crippen LogP contribution in [0.4, 0.5) is 8.78 Å². The number of Topliss-reactive ketones (excluding diaryl/α,β-unsaturated/α-hetero) is 1. The van der Waals surface area contributed by atoms with Crippen LogP contribution in [0.1, 0.15) is 29.8 Å². The fourth-order valence-corrected chi connectivity index (χ4v) is 1.16. The van der Waals surface area contributed by atoms with Crippen molar-refractivity contribution in [2.75, 3.05) is 0 Å². The second kappa shape index (κ2) is 4.18. The van der Waals surface area contributed by atoms with Gasteiger partial charge in [0.1, 0.15) is 23.3 Å². The van der Waals surface area contributed by atoms with Crippen molar-refractivity contribution in [3.8, 4) is 6.07 Å². The molecule has 15 heavy (non-hydrogen) atoms. The number of carbonyl (C=O) groups excluding carboxylic acids is 1. The van der Waals surface area contributed by atoms with E-state index in [-0.39, 0.29) is 17.3 Å². The van der Waals surface area contributed by atoms with E-state index in [4.69, 9.17) is 5.26 Å². The van der Waals surface area contributed by atoms with E-state index in [0.29, 0.717) is 0 Å². The molecule has 0 aliphatic carbocycles. The summed E-state index contributed by atoms with van der Waals surface area (Å²) in [6.07, 6.45) is 0. The first-order chi connectivity index (χ1) is 6.97. The van der Waals surface area contributed by atoms with E-state index >= 15 is 0 Å². The SMILES string of the molecule is CC(C)C(=O)c1cc(F)c(C#N)c(F)c1. The molecule has 1 aromatic rings. The summed E-state index contributed by atoms with van der Waals surface area (Å²) in [5.41, 5.74) is -0.700. The molecule has 0 saturated heterocycles. The van der Waals surface area contributed by atoms with E-state index in [1.807, 2.05) is 0 Å². The summed E-state index contributed by atoms with van der Waals surface area (Å²) in [7, 11) is 0. The van der Waals surface area contributed by atoms with Crippen molar-refractivity contribution >= 4 is 5.78 Å². The lowest BCUT2D eigenvalue weighted by molar-refractivity contribution is 0.0938. The first-order valence-corrected chi connectivity index (χ1v) is 4.40. The number of halogens is 2. The van der Waals surface area contributed by atoms with Crippen LogP contribution in [-0.4, -0.2) is 5.78 Å². The van der Waals surface area contributed by atoms with Gasteiger partial charge in [0.2, 0.25) is 0 Å². The molecule has 0 saturated carbocycles. The molecule has 0 atom stereocenters. The zero-order valence-electron chi connectivity index (χ0n) is 8.34. The van der Waals surface area contributed by atoms with Crippen LogP contribution in [0.5, 0.6) is 0 Å². The fraction of sp³-hybridized carbons (Fsp3) is 0.273. The number of ketones is 1. The third-order valence-corrected chi connectivity index (χ3v) is 1.96. The average molecular weight is 209 g/mol. The molecule has 0 aliphatic rings. The Balaban J connectivity index is 3.27. The fourth-order valence-electron chi connectivity index (χ4n) is 1.16. The summed E-state index contributed by atoms with van der Waals surface area (Å²) in [6.45, 7) is 3.27. The highest BCUT2D eigenvalue weighted by molar-refractivity contribution is 5.97. The van der Waals surface area contributed by atoms with Crippen molar-refractivity contribution in [3.05, 3.63) is 34.9 Å². The Hall–Kier alpha value is -1.76. The van der Waals surface area contributed by atoms with Gasteiger partial charge in [-0.3, -0.25) is 4.79 Å². The van der Waals surface area contributed by atoms with Crippen LogP contribution in [-0.2, 0) is 0 Å². The minimum absolute atomic E-state index is 0.0426. The zero-order chi connectivity index (χ0) is 11.6. The Morgan fingerprint density at radius 1 is 1.33 bits per heavy atom. The van der Waals surface area contributed by atoms with Gasteiger partial charge in [-0.2, -0.15) is 5.26 Å². The summed E-state index contributed by atoms with van der Waals surface area (Å²) in [5.74, 6) is -2.68. The van der Waals surface area contributed by atoms with E-state index in [9.17, 15) is 13.6 Å². The van der Waals surface area contributed by atoms with Gasteiger partial charge in [0, 0.05) is 11.5 Å². The highest BCUT2D eigenvalue weighted by atomic mass is 19.1. The highest BCUT2D eigenvalue weighted by Crippen LogP contribution is 2.17. The molecule has 1 aromatic carbocycles. The molecule has 0 fully saturated rings. The number of benzene rings is 1. The Morgan fingerprint density at radius 3 is 2.13 bits per heavy atom. The van der Waals surface area contributed by atoms with Crippen molar-refractivity contribution in [2.24, 2.45) is 5.92 Å². The molecule has 0 heterocycles. The monoisotopic (exact) mass is 209 g/mol. The molecule has 0 N–H and O–H groups in total. The molecule has 1 rings (SSSR count). The molecule has 0 aromatic heterocycles. The standard InChI is InChI=1S/C11H9F2NO/c1-6(2)11(15)7-3-9(12)8(5-14)10(13)4-7/h3-4,6H,1-2H3. The summed E-state index contributed by atoms with van der Waals surface area (Å²) >= 11 is 0. The molecule has 0 unspecified atom stereocenters. The van der Waals surface area contributed by atoms with Crippen molar-refractivity contribution in [2.45, 2.75) is 13.8 Å². The number of nitrogens with zero attached hydrogens (tertiary/aromatic N) is 1. The van der Waals surface area contributed by atoms with Crippen LogP contribution in [0.3, 0.4) is 0 Å². The van der Waals surface area contributed by atoms with Crippen molar-refractivity contribution in [1.82, 2.24) is 0 Å². The predicted octanol–water partition coefficient (Wildman–Crippen LogP) is 2.68. The Labute approximate surface area is 86.1 Å². The highest BCUT2D eigenvalue weighted by Gasteiger charge is 2.16. The van der Waals surface area contributed by atoms with Gasteiger partial charge in [-0.1, -0.05) is 13.8 Å². The summed E-state index contributed by atoms with van der Waals surface area (Å²) in [6, 6.07) is 3.18. The number of nitriles is 1. The summed E-state index contributed by atoms with van der Waals surface area (Å²) in [5, 5.41) is 8.42. The van der Waals surface area contributed by atoms with Crippen LogP contribution < -0.4 is 0 Å². The van der Waals surface area contributed by atoms with Gasteiger partial charge in [0.25, 0.3) is 0 Å². The first-order valence-electron chi connectivity index (χ1n) is 4.40. The van der Waals surface area contributed by atoms with Gasteiger partial charge in [-0.05, 0) is 12.1 Å². The lowest BCUT2D eigenvalue weighted by atomic mass is 9.99. The normalized spacial score (nSPS) is 10.1. The maximum Gasteiger partial charge on any atom is 0.165 e. The summed E-state index contributed by atoms with van der Waals surface area (Å²) in [4.78, 5) is 11.4. The van der Waals surface area contributed by atoms with Crippen LogP contribution in [0.15, 0.2) is 12.1 Å². The summed E-state index contributed by atoms with van der Waals surface area (Å²) < 4.78 is 26.2. The minimum Gasteiger partial charge on any atom is -0.294 e. The minimum atomic E-state index is -0.999. The van der Waals surface area contributed by atoms with Gasteiger partial charge >= 0.3 is 0 Å². The Kier molecular flexibility index (Phi) is 3.15. The zero-order valence-corrected chi connectivity index (χ0v) is 8.34. The number of hydrogen-bond acceptors (Lipinski definition) is 2. The first kappa shape index (κ1) is 11.3. The predicted molar refractivity (Wildman–Crippen MR) is 50.2 cm³/mol. The van der Waals surface area contributed by atoms with Crippen molar-refractivity contribution in [1.29, 1.82) is 5.26 Å². The van der Waals surface area contributed by atoms with Crippen LogP contribution >= 0.6 is 0 Å². The van der Waals surface area contributed by atoms with Crippen molar-refractivity contribution < 1.29 is 13.6 Å². The molecule has 0 bridgehead atoms. The van der Waals surface area contributed by atoms with Gasteiger partial charge in [0.15, 0.2) is 5.78 Å². The maximum absolute atomic E-state index is 13.1. The molecule has 0 amide bonds. The lowest BCUT2D eigenvalue weighted by Crippen LogP contribution is -2.09. The number of carbonyl (C=O) groups is 1. The van der Waals surface area contributed by atoms with Crippen LogP contribution in [0, 0.1) is 28.9 Å². The molecule has 78 valence electrons. The molecular weight excluding hydrogens is 200 g/mol. The van der Waals surface area contributed by atoms with E-state index in [1.54, 1.807) is 13.8 Å². The van der Waals surface area contributed by atoms with E-state index < -0.39 is 17.2 Å². The van der Waals surface area contributed by atoms with Gasteiger partial charge < -0.3 is 0 Å². The Bertz CT molecular complexity index is 423. The van der Waals surface area contributed by atoms with Crippen LogP contribution in [0.2, 0.25) is 0 Å². The third kappa shape index (κ3) is 2.18. The second-order valence-corrected chi connectivity index (χ2v) is 3.45. The largest absolute Gasteiger partial charge is 0.294 e. The number of hydrogen-bond donors (Lipinski definition) is 0. The molecule has 0 spiro atoms.